The van der Waals surface area contributed by atoms with Gasteiger partial charge in [-0.2, -0.15) is 5.10 Å². The molecular formula is C22H24N6O3S2. The molecule has 3 aromatic heterocycles. The summed E-state index contributed by atoms with van der Waals surface area (Å²) >= 11 is 1.57. The maximum atomic E-state index is 12.7. The maximum absolute atomic E-state index is 12.7. The molecule has 0 bridgehead atoms. The first-order valence-electron chi connectivity index (χ1n) is 10.8. The molecule has 33 heavy (non-hydrogen) atoms. The lowest BCUT2D eigenvalue weighted by molar-refractivity contribution is -0.125. The molecule has 1 atom stereocenters. The summed E-state index contributed by atoms with van der Waals surface area (Å²) in [4.78, 5) is 26.2. The van der Waals surface area contributed by atoms with Gasteiger partial charge in [0.25, 0.3) is 0 Å². The summed E-state index contributed by atoms with van der Waals surface area (Å²) in [6.07, 6.45) is 7.10. The molecule has 0 fully saturated rings. The minimum absolute atomic E-state index is 0.0278. The fourth-order valence-corrected chi connectivity index (χ4v) is 5.93. The smallest absolute Gasteiger partial charge is 0.223 e. The minimum Gasteiger partial charge on any atom is -0.356 e. The molecule has 0 unspecified atom stereocenters. The van der Waals surface area contributed by atoms with Gasteiger partial charge in [0.2, 0.25) is 5.91 Å². The normalized spacial score (nSPS) is 16.2. The van der Waals surface area contributed by atoms with Crippen LogP contribution in [0, 0.1) is 5.92 Å². The van der Waals surface area contributed by atoms with E-state index >= 15 is 0 Å². The topological polar surface area (TPSA) is 133 Å². The lowest BCUT2D eigenvalue weighted by Crippen LogP contribution is -2.35. The number of sulfone groups is 1. The summed E-state index contributed by atoms with van der Waals surface area (Å²) in [7, 11) is -3.02. The Bertz CT molecular complexity index is 1440. The number of benzene rings is 1. The molecule has 4 aromatic rings. The molecule has 9 nitrogen and oxygen atoms in total. The summed E-state index contributed by atoms with van der Waals surface area (Å²) in [5.41, 5.74) is 3.98. The number of aromatic nitrogens is 5. The van der Waals surface area contributed by atoms with Crippen LogP contribution in [0.1, 0.15) is 24.1 Å². The number of rotatable bonds is 7. The van der Waals surface area contributed by atoms with E-state index in [-0.39, 0.29) is 17.6 Å². The molecule has 0 radical (unpaired) electrons. The van der Waals surface area contributed by atoms with Gasteiger partial charge >= 0.3 is 0 Å². The Balaban J connectivity index is 1.36. The van der Waals surface area contributed by atoms with Crippen molar-refractivity contribution in [2.75, 3.05) is 18.6 Å². The summed E-state index contributed by atoms with van der Waals surface area (Å²) in [6, 6.07) is 6.11. The second-order valence-corrected chi connectivity index (χ2v) is 11.7. The molecule has 0 spiro atoms. The van der Waals surface area contributed by atoms with Gasteiger partial charge in [0.05, 0.1) is 22.9 Å². The zero-order chi connectivity index (χ0) is 23.0. The SMILES string of the molecule is CS(=O)(=O)CCCNC(=O)[C@H]1CCc2[nH]c3ncnc(Sc4ccc5[nH]ncc5c4)c3c2C1. The second-order valence-electron chi connectivity index (χ2n) is 8.42. The molecule has 1 amide bonds. The van der Waals surface area contributed by atoms with Crippen molar-refractivity contribution < 1.29 is 13.2 Å². The van der Waals surface area contributed by atoms with Gasteiger partial charge in [-0.25, -0.2) is 18.4 Å². The standard InChI is InChI=1S/C22H24N6O3S2/c1-33(30,31)8-2-7-23-21(29)13-3-5-18-16(10-13)19-20(27-18)24-12-25-22(19)32-15-4-6-17-14(9-15)11-26-28-17/h4,6,9,11-13H,2-3,5,7-8,10H2,1H3,(H,23,29)(H,26,28)(H,24,25,27)/t13-/m0/s1. The van der Waals surface area contributed by atoms with E-state index < -0.39 is 9.84 Å². The predicted octanol–water partition coefficient (Wildman–Crippen LogP) is 2.64. The fourth-order valence-electron chi connectivity index (χ4n) is 4.30. The second kappa shape index (κ2) is 8.79. The van der Waals surface area contributed by atoms with Crippen LogP contribution in [-0.2, 0) is 27.5 Å². The minimum atomic E-state index is -3.02. The van der Waals surface area contributed by atoms with Crippen molar-refractivity contribution in [1.82, 2.24) is 30.5 Å². The van der Waals surface area contributed by atoms with Gasteiger partial charge in [-0.3, -0.25) is 9.89 Å². The quantitative estimate of drug-likeness (QED) is 0.271. The molecule has 5 rings (SSSR count). The summed E-state index contributed by atoms with van der Waals surface area (Å²) < 4.78 is 22.6. The van der Waals surface area contributed by atoms with Crippen LogP contribution in [0.4, 0.5) is 0 Å². The molecule has 0 saturated carbocycles. The van der Waals surface area contributed by atoms with E-state index in [9.17, 15) is 13.2 Å². The zero-order valence-corrected chi connectivity index (χ0v) is 19.7. The summed E-state index contributed by atoms with van der Waals surface area (Å²) in [5, 5.41) is 12.8. The van der Waals surface area contributed by atoms with E-state index in [1.54, 1.807) is 24.3 Å². The molecule has 3 N–H and O–H groups in total. The van der Waals surface area contributed by atoms with Crippen LogP contribution in [-0.4, -0.2) is 58.0 Å². The van der Waals surface area contributed by atoms with Crippen molar-refractivity contribution >= 4 is 49.4 Å². The Morgan fingerprint density at radius 3 is 3.03 bits per heavy atom. The first-order chi connectivity index (χ1) is 15.9. The van der Waals surface area contributed by atoms with E-state index in [1.165, 1.54) is 6.26 Å². The third-order valence-corrected chi connectivity index (χ3v) is 7.95. The summed E-state index contributed by atoms with van der Waals surface area (Å²) in [6.45, 7) is 0.365. The summed E-state index contributed by atoms with van der Waals surface area (Å²) in [5.74, 6) is -0.109. The highest BCUT2D eigenvalue weighted by atomic mass is 32.2. The molecule has 3 heterocycles. The van der Waals surface area contributed by atoms with Crippen LogP contribution in [0.25, 0.3) is 21.9 Å². The number of nitrogens with zero attached hydrogens (tertiary/aromatic N) is 3. The molecular weight excluding hydrogens is 460 g/mol. The lowest BCUT2D eigenvalue weighted by Gasteiger charge is -2.22. The highest BCUT2D eigenvalue weighted by Crippen LogP contribution is 2.38. The van der Waals surface area contributed by atoms with Crippen molar-refractivity contribution in [3.05, 3.63) is 42.0 Å². The molecule has 1 aromatic carbocycles. The predicted molar refractivity (Wildman–Crippen MR) is 127 cm³/mol. The van der Waals surface area contributed by atoms with Gasteiger partial charge in [-0.15, -0.1) is 0 Å². The van der Waals surface area contributed by atoms with Crippen LogP contribution in [0.2, 0.25) is 0 Å². The number of nitrogens with one attached hydrogen (secondary N) is 3. The van der Waals surface area contributed by atoms with Crippen molar-refractivity contribution in [3.63, 3.8) is 0 Å². The van der Waals surface area contributed by atoms with E-state index in [0.717, 1.165) is 56.0 Å². The van der Waals surface area contributed by atoms with Crippen molar-refractivity contribution in [2.24, 2.45) is 5.92 Å². The number of H-pyrrole nitrogens is 2. The van der Waals surface area contributed by atoms with Gasteiger partial charge < -0.3 is 10.3 Å². The number of carbonyl (C=O) groups excluding carboxylic acids is 1. The van der Waals surface area contributed by atoms with Gasteiger partial charge in [0.15, 0.2) is 0 Å². The molecule has 0 saturated heterocycles. The average Bonchev–Trinajstić information content (AvgIpc) is 3.39. The van der Waals surface area contributed by atoms with Gasteiger partial charge in [-0.1, -0.05) is 11.8 Å². The molecule has 172 valence electrons. The van der Waals surface area contributed by atoms with Crippen LogP contribution >= 0.6 is 11.8 Å². The number of aryl methyl sites for hydroxylation is 1. The van der Waals surface area contributed by atoms with Gasteiger partial charge in [0.1, 0.15) is 26.8 Å². The van der Waals surface area contributed by atoms with Crippen molar-refractivity contribution in [2.45, 2.75) is 35.6 Å². The Morgan fingerprint density at radius 2 is 2.18 bits per heavy atom. The Labute approximate surface area is 195 Å². The highest BCUT2D eigenvalue weighted by molar-refractivity contribution is 7.99. The monoisotopic (exact) mass is 484 g/mol. The number of carbonyl (C=O) groups is 1. The van der Waals surface area contributed by atoms with Crippen molar-refractivity contribution in [3.8, 4) is 0 Å². The highest BCUT2D eigenvalue weighted by Gasteiger charge is 2.29. The number of amides is 1. The number of hydrogen-bond acceptors (Lipinski definition) is 7. The molecule has 0 aliphatic heterocycles. The van der Waals surface area contributed by atoms with E-state index in [2.05, 4.69) is 36.5 Å². The third kappa shape index (κ3) is 4.74. The van der Waals surface area contributed by atoms with E-state index in [0.29, 0.717) is 19.4 Å². The maximum Gasteiger partial charge on any atom is 0.223 e. The van der Waals surface area contributed by atoms with E-state index in [4.69, 9.17) is 0 Å². The Kier molecular flexibility index (Phi) is 5.83. The Morgan fingerprint density at radius 1 is 1.30 bits per heavy atom. The first kappa shape index (κ1) is 21.9. The Hall–Kier alpha value is -2.92. The van der Waals surface area contributed by atoms with Gasteiger partial charge in [-0.05, 0) is 49.4 Å². The molecule has 1 aliphatic carbocycles. The average molecular weight is 485 g/mol. The lowest BCUT2D eigenvalue weighted by atomic mass is 9.86. The molecule has 11 heteroatoms. The van der Waals surface area contributed by atoms with Crippen LogP contribution in [0.5, 0.6) is 0 Å². The zero-order valence-electron chi connectivity index (χ0n) is 18.1. The van der Waals surface area contributed by atoms with Crippen LogP contribution in [0.15, 0.2) is 40.6 Å². The largest absolute Gasteiger partial charge is 0.356 e. The van der Waals surface area contributed by atoms with E-state index in [1.807, 2.05) is 12.1 Å². The first-order valence-corrected chi connectivity index (χ1v) is 13.7. The van der Waals surface area contributed by atoms with Crippen LogP contribution < -0.4 is 5.32 Å². The fraction of sp³-hybridized carbons (Fsp3) is 0.364. The number of hydrogen-bond donors (Lipinski definition) is 3. The number of fused-ring (bicyclic) bond motifs is 4. The number of aromatic amines is 2. The van der Waals surface area contributed by atoms with Gasteiger partial charge in [0, 0.05) is 34.7 Å². The third-order valence-electron chi connectivity index (χ3n) is 5.93. The van der Waals surface area contributed by atoms with Crippen LogP contribution in [0.3, 0.4) is 0 Å². The molecule has 1 aliphatic rings. The van der Waals surface area contributed by atoms with Crippen molar-refractivity contribution in [1.29, 1.82) is 0 Å².